The molecule has 3 nitrogen and oxygen atoms in total. The summed E-state index contributed by atoms with van der Waals surface area (Å²) in [7, 11) is 0. The van der Waals surface area contributed by atoms with Crippen LogP contribution in [0.25, 0.3) is 0 Å². The molecule has 0 bridgehead atoms. The molecule has 1 unspecified atom stereocenters. The fourth-order valence-electron chi connectivity index (χ4n) is 1.85. The summed E-state index contributed by atoms with van der Waals surface area (Å²) in [5.74, 6) is -3.16. The maximum absolute atomic E-state index is 12.6. The summed E-state index contributed by atoms with van der Waals surface area (Å²) in [4.78, 5) is 11.6. The average Bonchev–Trinajstić information content (AvgIpc) is 2.94. The minimum Gasteiger partial charge on any atom is -0.338 e. The Labute approximate surface area is 125 Å². The number of carbonyl (C=O) groups excluding carboxylic acids is 1. The molecular weight excluding hydrogens is 309 g/mol. The van der Waals surface area contributed by atoms with Gasteiger partial charge in [-0.25, -0.2) is 13.6 Å². The van der Waals surface area contributed by atoms with E-state index in [4.69, 9.17) is 23.2 Å². The molecule has 20 heavy (non-hydrogen) atoms. The molecule has 0 spiro atoms. The Balaban J connectivity index is 1.81. The third-order valence-corrected chi connectivity index (χ3v) is 3.95. The summed E-state index contributed by atoms with van der Waals surface area (Å²) in [5.41, 5.74) is 1.19. The van der Waals surface area contributed by atoms with E-state index in [0.717, 1.165) is 5.56 Å². The molecule has 2 amide bonds. The Morgan fingerprint density at radius 2 is 2.05 bits per heavy atom. The van der Waals surface area contributed by atoms with E-state index in [-0.39, 0.29) is 19.4 Å². The second-order valence-corrected chi connectivity index (χ2v) is 5.73. The number of alkyl halides is 2. The van der Waals surface area contributed by atoms with Crippen LogP contribution in [-0.2, 0) is 0 Å². The zero-order chi connectivity index (χ0) is 14.9. The Morgan fingerprint density at radius 1 is 1.40 bits per heavy atom. The van der Waals surface area contributed by atoms with Gasteiger partial charge in [0.15, 0.2) is 0 Å². The summed E-state index contributed by atoms with van der Waals surface area (Å²) in [6.45, 7) is 2.00. The smallest absolute Gasteiger partial charge is 0.319 e. The second-order valence-electron chi connectivity index (χ2n) is 4.91. The van der Waals surface area contributed by atoms with Gasteiger partial charge in [-0.2, -0.15) is 0 Å². The number of nitrogens with one attached hydrogen (secondary N) is 2. The van der Waals surface area contributed by atoms with Gasteiger partial charge >= 0.3 is 6.03 Å². The molecule has 1 aromatic carbocycles. The molecule has 0 radical (unpaired) electrons. The van der Waals surface area contributed by atoms with Gasteiger partial charge in [-0.1, -0.05) is 23.2 Å². The van der Waals surface area contributed by atoms with Gasteiger partial charge in [-0.3, -0.25) is 0 Å². The monoisotopic (exact) mass is 322 g/mol. The van der Waals surface area contributed by atoms with Crippen LogP contribution in [0.5, 0.6) is 0 Å². The van der Waals surface area contributed by atoms with Gasteiger partial charge in [0.2, 0.25) is 0 Å². The van der Waals surface area contributed by atoms with Gasteiger partial charge in [0.25, 0.3) is 5.92 Å². The first kappa shape index (κ1) is 15.3. The van der Waals surface area contributed by atoms with E-state index < -0.39 is 17.9 Å². The highest BCUT2D eigenvalue weighted by atomic mass is 35.5. The van der Waals surface area contributed by atoms with E-state index in [0.29, 0.717) is 15.7 Å². The minimum absolute atomic E-state index is 0.0876. The number of anilines is 1. The normalized spacial score (nSPS) is 19.6. The Hall–Kier alpha value is -1.07. The largest absolute Gasteiger partial charge is 0.338 e. The number of halogens is 4. The molecule has 0 heterocycles. The third kappa shape index (κ3) is 3.73. The zero-order valence-electron chi connectivity index (χ0n) is 10.8. The van der Waals surface area contributed by atoms with Crippen molar-refractivity contribution in [3.05, 3.63) is 27.7 Å². The molecule has 1 aromatic rings. The van der Waals surface area contributed by atoms with E-state index in [9.17, 15) is 13.6 Å². The van der Waals surface area contributed by atoms with Gasteiger partial charge in [0, 0.05) is 23.9 Å². The maximum Gasteiger partial charge on any atom is 0.319 e. The van der Waals surface area contributed by atoms with Crippen LogP contribution in [0.1, 0.15) is 18.4 Å². The molecule has 0 aromatic heterocycles. The number of carbonyl (C=O) groups is 1. The average molecular weight is 323 g/mol. The molecule has 1 aliphatic rings. The summed E-state index contributed by atoms with van der Waals surface area (Å²) in [6.07, 6.45) is 0.179. The van der Waals surface area contributed by atoms with Crippen LogP contribution in [0.4, 0.5) is 19.3 Å². The van der Waals surface area contributed by atoms with E-state index in [1.807, 2.05) is 0 Å². The predicted octanol–water partition coefficient (Wildman–Crippen LogP) is 4.47. The number of rotatable bonds is 4. The van der Waals surface area contributed by atoms with E-state index in [1.165, 1.54) is 0 Å². The lowest BCUT2D eigenvalue weighted by atomic mass is 10.2. The lowest BCUT2D eigenvalue weighted by Crippen LogP contribution is -2.30. The standard InChI is InChI=1S/C13H14Cl2F2N2O/c1-7-4-10(15)11(5-9(7)14)19-12(20)18-3-2-8-6-13(8,16)17/h4-5,8H,2-3,6H2,1H3,(H2,18,19,20). The van der Waals surface area contributed by atoms with Crippen LogP contribution < -0.4 is 10.6 Å². The number of hydrogen-bond acceptors (Lipinski definition) is 1. The predicted molar refractivity (Wildman–Crippen MR) is 75.9 cm³/mol. The summed E-state index contributed by atoms with van der Waals surface area (Å²) in [5, 5.41) is 5.91. The van der Waals surface area contributed by atoms with Crippen molar-refractivity contribution in [2.24, 2.45) is 5.92 Å². The van der Waals surface area contributed by atoms with Crippen LogP contribution in [0.15, 0.2) is 12.1 Å². The number of hydrogen-bond donors (Lipinski definition) is 2. The topological polar surface area (TPSA) is 41.1 Å². The van der Waals surface area contributed by atoms with E-state index in [2.05, 4.69) is 10.6 Å². The first-order chi connectivity index (χ1) is 9.29. The second kappa shape index (κ2) is 5.74. The van der Waals surface area contributed by atoms with Crippen LogP contribution in [-0.4, -0.2) is 18.5 Å². The van der Waals surface area contributed by atoms with Gasteiger partial charge in [-0.05, 0) is 31.0 Å². The van der Waals surface area contributed by atoms with Crippen LogP contribution in [0, 0.1) is 12.8 Å². The highest BCUT2D eigenvalue weighted by Gasteiger charge is 2.55. The molecule has 1 aliphatic carbocycles. The summed E-state index contributed by atoms with van der Waals surface area (Å²) < 4.78 is 25.3. The van der Waals surface area contributed by atoms with Gasteiger partial charge < -0.3 is 10.6 Å². The summed E-state index contributed by atoms with van der Waals surface area (Å²) in [6, 6.07) is 2.70. The summed E-state index contributed by atoms with van der Waals surface area (Å²) >= 11 is 11.9. The molecule has 0 aliphatic heterocycles. The third-order valence-electron chi connectivity index (χ3n) is 3.23. The lowest BCUT2D eigenvalue weighted by molar-refractivity contribution is 0.0971. The number of aryl methyl sites for hydroxylation is 1. The van der Waals surface area contributed by atoms with Crippen molar-refractivity contribution in [3.63, 3.8) is 0 Å². The van der Waals surface area contributed by atoms with Gasteiger partial charge in [0.05, 0.1) is 10.7 Å². The first-order valence-corrected chi connectivity index (χ1v) is 6.93. The number of benzene rings is 1. The van der Waals surface area contributed by atoms with Crippen molar-refractivity contribution in [3.8, 4) is 0 Å². The van der Waals surface area contributed by atoms with Gasteiger partial charge in [0.1, 0.15) is 0 Å². The molecular formula is C13H14Cl2F2N2O. The van der Waals surface area contributed by atoms with Crippen molar-refractivity contribution < 1.29 is 13.6 Å². The molecule has 1 atom stereocenters. The Morgan fingerprint density at radius 3 is 2.65 bits per heavy atom. The van der Waals surface area contributed by atoms with Crippen molar-refractivity contribution in [2.75, 3.05) is 11.9 Å². The molecule has 110 valence electrons. The molecule has 2 rings (SSSR count). The van der Waals surface area contributed by atoms with Crippen molar-refractivity contribution in [2.45, 2.75) is 25.7 Å². The molecule has 1 saturated carbocycles. The SMILES string of the molecule is Cc1cc(Cl)c(NC(=O)NCCC2CC2(F)F)cc1Cl. The molecule has 7 heteroatoms. The highest BCUT2D eigenvalue weighted by molar-refractivity contribution is 6.36. The van der Waals surface area contributed by atoms with E-state index in [1.54, 1.807) is 19.1 Å². The van der Waals surface area contributed by atoms with Crippen LogP contribution in [0.3, 0.4) is 0 Å². The highest BCUT2D eigenvalue weighted by Crippen LogP contribution is 2.50. The maximum atomic E-state index is 12.6. The van der Waals surface area contributed by atoms with Crippen molar-refractivity contribution in [1.29, 1.82) is 0 Å². The Bertz CT molecular complexity index is 537. The fraction of sp³-hybridized carbons (Fsp3) is 0.462. The van der Waals surface area contributed by atoms with Crippen LogP contribution >= 0.6 is 23.2 Å². The lowest BCUT2D eigenvalue weighted by Gasteiger charge is -2.10. The molecule has 0 saturated heterocycles. The number of urea groups is 1. The quantitative estimate of drug-likeness (QED) is 0.843. The number of amides is 2. The molecule has 1 fully saturated rings. The van der Waals surface area contributed by atoms with Crippen molar-refractivity contribution in [1.82, 2.24) is 5.32 Å². The minimum atomic E-state index is -2.55. The van der Waals surface area contributed by atoms with Gasteiger partial charge in [-0.15, -0.1) is 0 Å². The fourth-order valence-corrected chi connectivity index (χ4v) is 2.28. The zero-order valence-corrected chi connectivity index (χ0v) is 12.3. The Kier molecular flexibility index (Phi) is 4.39. The van der Waals surface area contributed by atoms with Crippen molar-refractivity contribution >= 4 is 34.9 Å². The molecule has 2 N–H and O–H groups in total. The van der Waals surface area contributed by atoms with E-state index >= 15 is 0 Å². The first-order valence-electron chi connectivity index (χ1n) is 6.18. The van der Waals surface area contributed by atoms with Crippen LogP contribution in [0.2, 0.25) is 10.0 Å².